The van der Waals surface area contributed by atoms with Gasteiger partial charge in [0.05, 0.1) is 18.6 Å². The maximum Gasteiger partial charge on any atom is 0.307 e. The Balaban J connectivity index is 3.86. The zero-order chi connectivity index (χ0) is 11.8. The summed E-state index contributed by atoms with van der Waals surface area (Å²) in [5, 5.41) is 11.9. The largest absolute Gasteiger partial charge is 0.481 e. The van der Waals surface area contributed by atoms with E-state index in [-0.39, 0.29) is 12.1 Å². The molecule has 0 aromatic heterocycles. The third-order valence-corrected chi connectivity index (χ3v) is 2.49. The number of carbonyl (C=O) groups is 1. The van der Waals surface area contributed by atoms with Gasteiger partial charge in [0.2, 0.25) is 0 Å². The lowest BCUT2D eigenvalue weighted by Crippen LogP contribution is -2.41. The van der Waals surface area contributed by atoms with Crippen LogP contribution < -0.4 is 5.32 Å². The van der Waals surface area contributed by atoms with Crippen LogP contribution >= 0.6 is 0 Å². The van der Waals surface area contributed by atoms with Crippen molar-refractivity contribution in [2.24, 2.45) is 5.92 Å². The molecule has 0 bridgehead atoms. The van der Waals surface area contributed by atoms with E-state index in [1.807, 2.05) is 6.92 Å². The first-order valence-corrected chi connectivity index (χ1v) is 5.00. The standard InChI is InChI=1S/C10H21NO4/c1-7(10(12)13)8(2)11-5-9(15-4)6-14-3/h7-9,11H,5-6H2,1-4H3,(H,12,13). The molecule has 0 saturated heterocycles. The van der Waals surface area contributed by atoms with E-state index in [9.17, 15) is 4.79 Å². The highest BCUT2D eigenvalue weighted by atomic mass is 16.5. The van der Waals surface area contributed by atoms with E-state index >= 15 is 0 Å². The van der Waals surface area contributed by atoms with Gasteiger partial charge in [-0.05, 0) is 6.92 Å². The number of hydrogen-bond acceptors (Lipinski definition) is 4. The zero-order valence-electron chi connectivity index (χ0n) is 9.82. The Hall–Kier alpha value is -0.650. The molecule has 0 aromatic carbocycles. The lowest BCUT2D eigenvalue weighted by Gasteiger charge is -2.21. The van der Waals surface area contributed by atoms with Gasteiger partial charge >= 0.3 is 5.97 Å². The monoisotopic (exact) mass is 219 g/mol. The van der Waals surface area contributed by atoms with Gasteiger partial charge in [-0.1, -0.05) is 6.92 Å². The molecule has 0 aromatic rings. The van der Waals surface area contributed by atoms with Crippen molar-refractivity contribution in [2.45, 2.75) is 26.0 Å². The number of hydrogen-bond donors (Lipinski definition) is 2. The minimum Gasteiger partial charge on any atom is -0.481 e. The summed E-state index contributed by atoms with van der Waals surface area (Å²) in [4.78, 5) is 10.7. The minimum absolute atomic E-state index is 0.0431. The first-order valence-electron chi connectivity index (χ1n) is 5.00. The predicted octanol–water partition coefficient (Wildman–Crippen LogP) is 0.347. The van der Waals surface area contributed by atoms with E-state index in [2.05, 4.69) is 5.32 Å². The molecule has 0 radical (unpaired) electrons. The predicted molar refractivity (Wildman–Crippen MR) is 56.9 cm³/mol. The Morgan fingerprint density at radius 3 is 2.40 bits per heavy atom. The lowest BCUT2D eigenvalue weighted by atomic mass is 10.0. The molecule has 0 aliphatic rings. The molecule has 5 nitrogen and oxygen atoms in total. The molecule has 5 heteroatoms. The van der Waals surface area contributed by atoms with E-state index in [4.69, 9.17) is 14.6 Å². The van der Waals surface area contributed by atoms with Crippen molar-refractivity contribution in [1.29, 1.82) is 0 Å². The van der Waals surface area contributed by atoms with E-state index in [0.717, 1.165) is 0 Å². The van der Waals surface area contributed by atoms with Crippen molar-refractivity contribution < 1.29 is 19.4 Å². The van der Waals surface area contributed by atoms with Gasteiger partial charge in [0.1, 0.15) is 0 Å². The molecule has 3 atom stereocenters. The number of carboxylic acid groups (broad SMARTS) is 1. The summed E-state index contributed by atoms with van der Waals surface area (Å²) in [6, 6.07) is -0.0861. The van der Waals surface area contributed by atoms with Crippen LogP contribution in [0.25, 0.3) is 0 Å². The molecule has 0 heterocycles. The highest BCUT2D eigenvalue weighted by Gasteiger charge is 2.19. The van der Waals surface area contributed by atoms with Gasteiger partial charge in [0, 0.05) is 26.8 Å². The van der Waals surface area contributed by atoms with Gasteiger partial charge in [-0.15, -0.1) is 0 Å². The fourth-order valence-electron chi connectivity index (χ4n) is 1.10. The van der Waals surface area contributed by atoms with Crippen LogP contribution in [0, 0.1) is 5.92 Å². The lowest BCUT2D eigenvalue weighted by molar-refractivity contribution is -0.142. The van der Waals surface area contributed by atoms with Crippen molar-refractivity contribution in [3.63, 3.8) is 0 Å². The third kappa shape index (κ3) is 5.71. The van der Waals surface area contributed by atoms with Crippen LogP contribution in [0.3, 0.4) is 0 Å². The van der Waals surface area contributed by atoms with Crippen LogP contribution in [0.2, 0.25) is 0 Å². The summed E-state index contributed by atoms with van der Waals surface area (Å²) in [5.41, 5.74) is 0. The summed E-state index contributed by atoms with van der Waals surface area (Å²) < 4.78 is 10.1. The van der Waals surface area contributed by atoms with E-state index in [0.29, 0.717) is 13.2 Å². The first kappa shape index (κ1) is 14.3. The molecule has 3 unspecified atom stereocenters. The second kappa shape index (κ2) is 7.62. The molecule has 0 fully saturated rings. The van der Waals surface area contributed by atoms with Crippen molar-refractivity contribution in [2.75, 3.05) is 27.4 Å². The number of methoxy groups -OCH3 is 2. The second-order valence-corrected chi connectivity index (χ2v) is 3.64. The molecule has 0 spiro atoms. The molecular weight excluding hydrogens is 198 g/mol. The Morgan fingerprint density at radius 2 is 2.00 bits per heavy atom. The Bertz CT molecular complexity index is 186. The summed E-state index contributed by atoms with van der Waals surface area (Å²) in [7, 11) is 3.21. The number of aliphatic carboxylic acids is 1. The van der Waals surface area contributed by atoms with Crippen LogP contribution in [0.1, 0.15) is 13.8 Å². The molecule has 0 aliphatic carbocycles. The summed E-state index contributed by atoms with van der Waals surface area (Å²) >= 11 is 0. The maximum absolute atomic E-state index is 10.7. The normalized spacial score (nSPS) is 17.1. The van der Waals surface area contributed by atoms with Crippen LogP contribution in [0.4, 0.5) is 0 Å². The molecule has 90 valence electrons. The smallest absolute Gasteiger partial charge is 0.307 e. The molecule has 0 aliphatic heterocycles. The minimum atomic E-state index is -0.796. The van der Waals surface area contributed by atoms with E-state index in [1.54, 1.807) is 21.1 Å². The zero-order valence-corrected chi connectivity index (χ0v) is 9.82. The number of ether oxygens (including phenoxy) is 2. The van der Waals surface area contributed by atoms with Gasteiger partial charge in [0.25, 0.3) is 0 Å². The van der Waals surface area contributed by atoms with Gasteiger partial charge in [0.15, 0.2) is 0 Å². The number of nitrogens with one attached hydrogen (secondary N) is 1. The average molecular weight is 219 g/mol. The maximum atomic E-state index is 10.7. The fourth-order valence-corrected chi connectivity index (χ4v) is 1.10. The Kier molecular flexibility index (Phi) is 7.29. The van der Waals surface area contributed by atoms with Gasteiger partial charge in [-0.3, -0.25) is 4.79 Å². The van der Waals surface area contributed by atoms with Crippen LogP contribution in [-0.2, 0) is 14.3 Å². The summed E-state index contributed by atoms with van der Waals surface area (Å²) in [5.74, 6) is -1.21. The second-order valence-electron chi connectivity index (χ2n) is 3.64. The number of carboxylic acids is 1. The molecule has 0 saturated carbocycles. The molecular formula is C10H21NO4. The van der Waals surface area contributed by atoms with E-state index < -0.39 is 11.9 Å². The van der Waals surface area contributed by atoms with E-state index in [1.165, 1.54) is 0 Å². The summed E-state index contributed by atoms with van der Waals surface area (Å²) in [6.45, 7) is 4.61. The van der Waals surface area contributed by atoms with Crippen molar-refractivity contribution >= 4 is 5.97 Å². The van der Waals surface area contributed by atoms with Gasteiger partial charge in [-0.25, -0.2) is 0 Å². The first-order chi connectivity index (χ1) is 7.02. The quantitative estimate of drug-likeness (QED) is 0.616. The Labute approximate surface area is 90.8 Å². The topological polar surface area (TPSA) is 67.8 Å². The average Bonchev–Trinajstić information content (AvgIpc) is 2.22. The van der Waals surface area contributed by atoms with Crippen molar-refractivity contribution in [3.8, 4) is 0 Å². The molecule has 15 heavy (non-hydrogen) atoms. The Morgan fingerprint density at radius 1 is 1.40 bits per heavy atom. The fraction of sp³-hybridized carbons (Fsp3) is 0.900. The highest BCUT2D eigenvalue weighted by Crippen LogP contribution is 2.02. The molecule has 0 amide bonds. The van der Waals surface area contributed by atoms with Crippen molar-refractivity contribution in [1.82, 2.24) is 5.32 Å². The molecule has 0 rings (SSSR count). The SMILES string of the molecule is COCC(CNC(C)C(C)C(=O)O)OC. The van der Waals surface area contributed by atoms with Gasteiger partial charge in [-0.2, -0.15) is 0 Å². The van der Waals surface area contributed by atoms with Crippen LogP contribution in [-0.4, -0.2) is 50.6 Å². The van der Waals surface area contributed by atoms with Crippen LogP contribution in [0.15, 0.2) is 0 Å². The van der Waals surface area contributed by atoms with Crippen molar-refractivity contribution in [3.05, 3.63) is 0 Å². The highest BCUT2D eigenvalue weighted by molar-refractivity contribution is 5.70. The number of rotatable bonds is 8. The third-order valence-electron chi connectivity index (χ3n) is 2.49. The van der Waals surface area contributed by atoms with Gasteiger partial charge < -0.3 is 19.9 Å². The van der Waals surface area contributed by atoms with Crippen LogP contribution in [0.5, 0.6) is 0 Å². The molecule has 2 N–H and O–H groups in total. The summed E-state index contributed by atoms with van der Waals surface area (Å²) in [6.07, 6.45) is -0.0431.